The van der Waals surface area contributed by atoms with Gasteiger partial charge in [0.25, 0.3) is 0 Å². The van der Waals surface area contributed by atoms with Crippen molar-refractivity contribution >= 4 is 11.6 Å². The van der Waals surface area contributed by atoms with Gasteiger partial charge >= 0.3 is 0 Å². The first-order valence-electron chi connectivity index (χ1n) is 6.15. The summed E-state index contributed by atoms with van der Waals surface area (Å²) in [7, 11) is 1.67. The zero-order chi connectivity index (χ0) is 13.7. The first kappa shape index (κ1) is 13.1. The summed E-state index contributed by atoms with van der Waals surface area (Å²) >= 11 is 0. The second-order valence-corrected chi connectivity index (χ2v) is 4.25. The molecule has 0 aliphatic carbocycles. The molecule has 0 aliphatic rings. The molecule has 0 atom stereocenters. The molecular formula is C14H18N4O. The number of hydrogen-bond donors (Lipinski definition) is 2. The van der Waals surface area contributed by atoms with Crippen LogP contribution < -0.4 is 15.8 Å². The molecule has 1 aromatic carbocycles. The highest BCUT2D eigenvalue weighted by atomic mass is 16.5. The van der Waals surface area contributed by atoms with Crippen molar-refractivity contribution in [3.8, 4) is 5.75 Å². The lowest BCUT2D eigenvalue weighted by Crippen LogP contribution is -2.08. The maximum absolute atomic E-state index is 5.67. The summed E-state index contributed by atoms with van der Waals surface area (Å²) in [5, 5.41) is 3.24. The average Bonchev–Trinajstić information content (AvgIpc) is 2.38. The zero-order valence-electron chi connectivity index (χ0n) is 11.2. The van der Waals surface area contributed by atoms with E-state index in [-0.39, 0.29) is 0 Å². The molecule has 0 aliphatic heterocycles. The van der Waals surface area contributed by atoms with Crippen LogP contribution in [-0.4, -0.2) is 23.6 Å². The van der Waals surface area contributed by atoms with E-state index in [0.29, 0.717) is 11.6 Å². The smallest absolute Gasteiger partial charge is 0.131 e. The number of aromatic nitrogens is 2. The first-order valence-corrected chi connectivity index (χ1v) is 6.15. The monoisotopic (exact) mass is 258 g/mol. The molecular weight excluding hydrogens is 240 g/mol. The number of benzene rings is 1. The topological polar surface area (TPSA) is 73.1 Å². The van der Waals surface area contributed by atoms with Gasteiger partial charge in [0, 0.05) is 12.6 Å². The lowest BCUT2D eigenvalue weighted by molar-refractivity contribution is 0.414. The predicted octanol–water partition coefficient (Wildman–Crippen LogP) is 2.03. The van der Waals surface area contributed by atoms with Gasteiger partial charge in [0.1, 0.15) is 23.2 Å². The van der Waals surface area contributed by atoms with E-state index in [0.717, 1.165) is 24.5 Å². The Balaban J connectivity index is 1.92. The molecule has 3 N–H and O–H groups in total. The second-order valence-electron chi connectivity index (χ2n) is 4.25. The van der Waals surface area contributed by atoms with Crippen LogP contribution in [0.1, 0.15) is 11.4 Å². The third kappa shape index (κ3) is 3.84. The van der Waals surface area contributed by atoms with Crippen LogP contribution in [-0.2, 0) is 6.42 Å². The number of aryl methyl sites for hydroxylation is 1. The van der Waals surface area contributed by atoms with E-state index in [4.69, 9.17) is 10.5 Å². The van der Waals surface area contributed by atoms with Crippen LogP contribution in [0.15, 0.2) is 30.3 Å². The largest absolute Gasteiger partial charge is 0.497 e. The number of ether oxygens (including phenoxy) is 1. The Morgan fingerprint density at radius 3 is 2.84 bits per heavy atom. The average molecular weight is 258 g/mol. The minimum Gasteiger partial charge on any atom is -0.497 e. The summed E-state index contributed by atoms with van der Waals surface area (Å²) < 4.78 is 5.19. The van der Waals surface area contributed by atoms with Gasteiger partial charge in [-0.25, -0.2) is 9.97 Å². The first-order chi connectivity index (χ1) is 9.17. The standard InChI is InChI=1S/C14H18N4O/c1-10-17-13(15)9-14(18-10)16-7-6-11-4-3-5-12(8-11)19-2/h3-5,8-9H,6-7H2,1-2H3,(H3,15,16,17,18). The number of anilines is 2. The Bertz CT molecular complexity index is 537. The van der Waals surface area contributed by atoms with E-state index in [2.05, 4.69) is 21.4 Å². The minimum absolute atomic E-state index is 0.483. The molecule has 0 bridgehead atoms. The SMILES string of the molecule is COc1cccc(CCNc2cc(N)nc(C)n2)c1. The molecule has 1 heterocycles. The maximum atomic E-state index is 5.67. The van der Waals surface area contributed by atoms with Gasteiger partial charge in [-0.15, -0.1) is 0 Å². The molecule has 0 saturated heterocycles. The van der Waals surface area contributed by atoms with E-state index >= 15 is 0 Å². The third-order valence-corrected chi connectivity index (χ3v) is 2.71. The van der Waals surface area contributed by atoms with Gasteiger partial charge < -0.3 is 15.8 Å². The Morgan fingerprint density at radius 1 is 1.26 bits per heavy atom. The predicted molar refractivity (Wildman–Crippen MR) is 76.4 cm³/mol. The molecule has 0 radical (unpaired) electrons. The molecule has 0 amide bonds. The Hall–Kier alpha value is -2.30. The number of nitrogens with one attached hydrogen (secondary N) is 1. The molecule has 0 unspecified atom stereocenters. The summed E-state index contributed by atoms with van der Waals surface area (Å²) in [5.41, 5.74) is 6.89. The summed E-state index contributed by atoms with van der Waals surface area (Å²) in [6.45, 7) is 2.60. The van der Waals surface area contributed by atoms with Gasteiger partial charge in [-0.1, -0.05) is 12.1 Å². The highest BCUT2D eigenvalue weighted by Gasteiger charge is 2.00. The van der Waals surface area contributed by atoms with E-state index in [1.54, 1.807) is 13.2 Å². The van der Waals surface area contributed by atoms with Crippen molar-refractivity contribution in [2.75, 3.05) is 24.7 Å². The van der Waals surface area contributed by atoms with Gasteiger partial charge in [0.15, 0.2) is 0 Å². The molecule has 0 fully saturated rings. The maximum Gasteiger partial charge on any atom is 0.131 e. The van der Waals surface area contributed by atoms with Crippen molar-refractivity contribution in [2.24, 2.45) is 0 Å². The summed E-state index contributed by atoms with van der Waals surface area (Å²) in [6, 6.07) is 9.76. The van der Waals surface area contributed by atoms with E-state index < -0.39 is 0 Å². The van der Waals surface area contributed by atoms with Crippen molar-refractivity contribution in [1.29, 1.82) is 0 Å². The van der Waals surface area contributed by atoms with E-state index in [1.165, 1.54) is 5.56 Å². The molecule has 5 heteroatoms. The van der Waals surface area contributed by atoms with Gasteiger partial charge in [0.05, 0.1) is 7.11 Å². The van der Waals surface area contributed by atoms with Crippen molar-refractivity contribution in [2.45, 2.75) is 13.3 Å². The highest BCUT2D eigenvalue weighted by molar-refractivity contribution is 5.44. The molecule has 1 aromatic heterocycles. The summed E-state index contributed by atoms with van der Waals surface area (Å²) in [5.74, 6) is 2.78. The summed E-state index contributed by atoms with van der Waals surface area (Å²) in [6.07, 6.45) is 0.889. The van der Waals surface area contributed by atoms with Crippen molar-refractivity contribution in [3.05, 3.63) is 41.7 Å². The normalized spacial score (nSPS) is 10.2. The van der Waals surface area contributed by atoms with Crippen LogP contribution in [0.25, 0.3) is 0 Å². The number of methoxy groups -OCH3 is 1. The fourth-order valence-corrected chi connectivity index (χ4v) is 1.84. The molecule has 2 rings (SSSR count). The van der Waals surface area contributed by atoms with Crippen LogP contribution in [0.5, 0.6) is 5.75 Å². The van der Waals surface area contributed by atoms with Crippen molar-refractivity contribution in [1.82, 2.24) is 9.97 Å². The van der Waals surface area contributed by atoms with Crippen LogP contribution in [0.3, 0.4) is 0 Å². The second kappa shape index (κ2) is 6.04. The molecule has 19 heavy (non-hydrogen) atoms. The molecule has 0 spiro atoms. The fourth-order valence-electron chi connectivity index (χ4n) is 1.84. The lowest BCUT2D eigenvalue weighted by Gasteiger charge is -2.08. The Labute approximate surface area is 112 Å². The highest BCUT2D eigenvalue weighted by Crippen LogP contribution is 2.13. The molecule has 100 valence electrons. The van der Waals surface area contributed by atoms with Gasteiger partial charge in [0.2, 0.25) is 0 Å². The van der Waals surface area contributed by atoms with E-state index in [1.807, 2.05) is 25.1 Å². The van der Waals surface area contributed by atoms with Crippen molar-refractivity contribution < 1.29 is 4.74 Å². The van der Waals surface area contributed by atoms with Crippen LogP contribution >= 0.6 is 0 Å². The number of nitrogens with zero attached hydrogens (tertiary/aromatic N) is 2. The van der Waals surface area contributed by atoms with Gasteiger partial charge in [-0.3, -0.25) is 0 Å². The lowest BCUT2D eigenvalue weighted by atomic mass is 10.1. The number of nitrogens with two attached hydrogens (primary N) is 1. The molecule has 5 nitrogen and oxygen atoms in total. The molecule has 2 aromatic rings. The Kier molecular flexibility index (Phi) is 4.18. The quantitative estimate of drug-likeness (QED) is 0.858. The third-order valence-electron chi connectivity index (χ3n) is 2.71. The van der Waals surface area contributed by atoms with Crippen LogP contribution in [0, 0.1) is 6.92 Å². The van der Waals surface area contributed by atoms with Crippen LogP contribution in [0.4, 0.5) is 11.6 Å². The zero-order valence-corrected chi connectivity index (χ0v) is 11.2. The van der Waals surface area contributed by atoms with E-state index in [9.17, 15) is 0 Å². The van der Waals surface area contributed by atoms with Gasteiger partial charge in [-0.2, -0.15) is 0 Å². The molecule has 0 saturated carbocycles. The minimum atomic E-state index is 0.483. The van der Waals surface area contributed by atoms with Crippen LogP contribution in [0.2, 0.25) is 0 Å². The Morgan fingerprint density at radius 2 is 2.11 bits per heavy atom. The number of nitrogen functional groups attached to an aromatic ring is 1. The number of rotatable bonds is 5. The fraction of sp³-hybridized carbons (Fsp3) is 0.286. The summed E-state index contributed by atoms with van der Waals surface area (Å²) in [4.78, 5) is 8.31. The van der Waals surface area contributed by atoms with Crippen molar-refractivity contribution in [3.63, 3.8) is 0 Å². The number of hydrogen-bond acceptors (Lipinski definition) is 5. The van der Waals surface area contributed by atoms with Gasteiger partial charge in [-0.05, 0) is 31.0 Å².